The van der Waals surface area contributed by atoms with Crippen molar-refractivity contribution in [3.63, 3.8) is 0 Å². The Labute approximate surface area is 139 Å². The van der Waals surface area contributed by atoms with Gasteiger partial charge in [-0.05, 0) is 48.3 Å². The number of rotatable bonds is 4. The summed E-state index contributed by atoms with van der Waals surface area (Å²) in [6, 6.07) is 6.00. The van der Waals surface area contributed by atoms with Gasteiger partial charge < -0.3 is 4.74 Å². The lowest BCUT2D eigenvalue weighted by molar-refractivity contribution is -0.384. The van der Waals surface area contributed by atoms with Crippen LogP contribution in [0.1, 0.15) is 26.3 Å². The lowest BCUT2D eigenvalue weighted by Crippen LogP contribution is -2.40. The van der Waals surface area contributed by atoms with Crippen molar-refractivity contribution in [1.29, 1.82) is 0 Å². The molecule has 6 nitrogen and oxygen atoms in total. The van der Waals surface area contributed by atoms with Crippen molar-refractivity contribution in [3.8, 4) is 0 Å². The molecule has 1 amide bonds. The zero-order valence-corrected chi connectivity index (χ0v) is 14.0. The van der Waals surface area contributed by atoms with Gasteiger partial charge in [-0.15, -0.1) is 0 Å². The van der Waals surface area contributed by atoms with E-state index in [0.717, 1.165) is 5.56 Å². The molecule has 1 aliphatic rings. The maximum Gasteiger partial charge on any atom is 0.269 e. The third-order valence-electron chi connectivity index (χ3n) is 3.79. The summed E-state index contributed by atoms with van der Waals surface area (Å²) >= 11 is 5.11. The Kier molecular flexibility index (Phi) is 5.10. The molecule has 2 rings (SSSR count). The number of hydrogen-bond acceptors (Lipinski definition) is 5. The number of benzene rings is 1. The molecule has 0 N–H and O–H groups in total. The summed E-state index contributed by atoms with van der Waals surface area (Å²) in [6.07, 6.45) is 1.48. The van der Waals surface area contributed by atoms with Crippen LogP contribution in [0.5, 0.6) is 0 Å². The topological polar surface area (TPSA) is 72.7 Å². The smallest absolute Gasteiger partial charge is 0.269 e. The van der Waals surface area contributed by atoms with Crippen LogP contribution in [-0.4, -0.2) is 33.6 Å². The highest BCUT2D eigenvalue weighted by Gasteiger charge is 2.36. The average Bonchev–Trinajstić information content (AvgIpc) is 2.89. The maximum atomic E-state index is 12.5. The van der Waals surface area contributed by atoms with Crippen molar-refractivity contribution in [2.45, 2.75) is 26.8 Å². The number of allylic oxidation sites excluding steroid dienone is 1. The fourth-order valence-corrected chi connectivity index (χ4v) is 2.66. The first kappa shape index (κ1) is 17.1. The highest BCUT2D eigenvalue weighted by Crippen LogP contribution is 2.23. The quantitative estimate of drug-likeness (QED) is 0.366. The molecule has 1 aliphatic heterocycles. The van der Waals surface area contributed by atoms with Gasteiger partial charge >= 0.3 is 0 Å². The average molecular weight is 334 g/mol. The van der Waals surface area contributed by atoms with E-state index in [1.165, 1.54) is 23.1 Å². The van der Waals surface area contributed by atoms with Crippen LogP contribution in [0, 0.1) is 16.0 Å². The van der Waals surface area contributed by atoms with E-state index < -0.39 is 4.92 Å². The van der Waals surface area contributed by atoms with Gasteiger partial charge in [0.05, 0.1) is 11.0 Å². The molecule has 1 aromatic carbocycles. The van der Waals surface area contributed by atoms with Crippen LogP contribution >= 0.6 is 12.2 Å². The standard InChI is InChI=1S/C16H18N2O4S/c1-10(2)14-9-22-16(23)17(14)15(19)8-11(3)12-4-6-13(7-5-12)18(20)21/h4-8,10,14H,9H2,1-3H3/b11-8+/t14-/m1/s1. The predicted molar refractivity (Wildman–Crippen MR) is 90.8 cm³/mol. The van der Waals surface area contributed by atoms with Crippen molar-refractivity contribution in [2.24, 2.45) is 5.92 Å². The van der Waals surface area contributed by atoms with E-state index in [-0.39, 0.29) is 28.7 Å². The highest BCUT2D eigenvalue weighted by atomic mass is 32.1. The van der Waals surface area contributed by atoms with Gasteiger partial charge in [-0.25, -0.2) is 0 Å². The zero-order valence-electron chi connectivity index (χ0n) is 13.2. The van der Waals surface area contributed by atoms with Gasteiger partial charge in [-0.1, -0.05) is 13.8 Å². The SMILES string of the molecule is C/C(=C\C(=O)N1C(=S)OC[C@@H]1C(C)C)c1ccc([N+](=O)[O-])cc1. The predicted octanol–water partition coefficient (Wildman–Crippen LogP) is 3.17. The maximum absolute atomic E-state index is 12.5. The van der Waals surface area contributed by atoms with E-state index in [4.69, 9.17) is 17.0 Å². The second-order valence-electron chi connectivity index (χ2n) is 5.73. The Morgan fingerprint density at radius 1 is 1.43 bits per heavy atom. The number of hydrogen-bond donors (Lipinski definition) is 0. The minimum atomic E-state index is -0.457. The third kappa shape index (κ3) is 3.73. The number of amides is 1. The molecule has 0 aliphatic carbocycles. The number of carbonyl (C=O) groups excluding carboxylic acids is 1. The Morgan fingerprint density at radius 3 is 2.57 bits per heavy atom. The summed E-state index contributed by atoms with van der Waals surface area (Å²) in [7, 11) is 0. The molecular formula is C16H18N2O4S. The van der Waals surface area contributed by atoms with Crippen molar-refractivity contribution < 1.29 is 14.5 Å². The van der Waals surface area contributed by atoms with E-state index in [0.29, 0.717) is 12.2 Å². The Bertz CT molecular complexity index is 667. The Morgan fingerprint density at radius 2 is 2.04 bits per heavy atom. The first-order chi connectivity index (χ1) is 10.8. The molecule has 7 heteroatoms. The first-order valence-corrected chi connectivity index (χ1v) is 7.65. The van der Waals surface area contributed by atoms with E-state index in [1.54, 1.807) is 19.1 Å². The lowest BCUT2D eigenvalue weighted by atomic mass is 10.0. The van der Waals surface area contributed by atoms with Crippen LogP contribution in [-0.2, 0) is 9.53 Å². The minimum absolute atomic E-state index is 0.0156. The first-order valence-electron chi connectivity index (χ1n) is 7.24. The molecule has 1 heterocycles. The number of ether oxygens (including phenoxy) is 1. The highest BCUT2D eigenvalue weighted by molar-refractivity contribution is 7.80. The van der Waals surface area contributed by atoms with Crippen molar-refractivity contribution in [1.82, 2.24) is 4.90 Å². The van der Waals surface area contributed by atoms with Crippen LogP contribution in [0.15, 0.2) is 30.3 Å². The van der Waals surface area contributed by atoms with Crippen molar-refractivity contribution in [3.05, 3.63) is 46.0 Å². The van der Waals surface area contributed by atoms with Crippen LogP contribution in [0.2, 0.25) is 0 Å². The van der Waals surface area contributed by atoms with Gasteiger partial charge in [0.2, 0.25) is 0 Å². The molecule has 1 fully saturated rings. The number of thiocarbonyl (C=S) groups is 1. The molecule has 0 unspecified atom stereocenters. The van der Waals surface area contributed by atoms with Gasteiger partial charge in [0, 0.05) is 18.2 Å². The number of nitro benzene ring substituents is 1. The van der Waals surface area contributed by atoms with Gasteiger partial charge in [0.1, 0.15) is 6.61 Å². The lowest BCUT2D eigenvalue weighted by Gasteiger charge is -2.22. The molecule has 122 valence electrons. The molecule has 0 radical (unpaired) electrons. The summed E-state index contributed by atoms with van der Waals surface area (Å²) in [4.78, 5) is 24.2. The van der Waals surface area contributed by atoms with Gasteiger partial charge in [-0.2, -0.15) is 0 Å². The van der Waals surface area contributed by atoms with Crippen LogP contribution < -0.4 is 0 Å². The third-order valence-corrected chi connectivity index (χ3v) is 4.10. The van der Waals surface area contributed by atoms with Crippen molar-refractivity contribution in [2.75, 3.05) is 6.61 Å². The van der Waals surface area contributed by atoms with Gasteiger partial charge in [0.25, 0.3) is 16.8 Å². The molecule has 0 saturated carbocycles. The van der Waals surface area contributed by atoms with E-state index in [1.807, 2.05) is 13.8 Å². The Hall–Kier alpha value is -2.28. The second-order valence-corrected chi connectivity index (χ2v) is 6.08. The van der Waals surface area contributed by atoms with Crippen molar-refractivity contribution >= 4 is 34.6 Å². The molecule has 1 atom stereocenters. The van der Waals surface area contributed by atoms with Gasteiger partial charge in [-0.3, -0.25) is 19.8 Å². The summed E-state index contributed by atoms with van der Waals surface area (Å²) in [5.74, 6) is -0.00506. The molecule has 0 bridgehead atoms. The Balaban J connectivity index is 2.20. The molecule has 1 aromatic rings. The summed E-state index contributed by atoms with van der Waals surface area (Å²) in [6.45, 7) is 6.21. The number of non-ortho nitro benzene ring substituents is 1. The normalized spacial score (nSPS) is 18.3. The van der Waals surface area contributed by atoms with Gasteiger partial charge in [0.15, 0.2) is 0 Å². The monoisotopic (exact) mass is 334 g/mol. The fourth-order valence-electron chi connectivity index (χ4n) is 2.36. The largest absolute Gasteiger partial charge is 0.468 e. The number of carbonyl (C=O) groups is 1. The second kappa shape index (κ2) is 6.87. The molecule has 23 heavy (non-hydrogen) atoms. The molecule has 0 spiro atoms. The molecular weight excluding hydrogens is 316 g/mol. The van der Waals surface area contributed by atoms with Crippen LogP contribution in [0.25, 0.3) is 5.57 Å². The summed E-state index contributed by atoms with van der Waals surface area (Å²) < 4.78 is 5.32. The van der Waals surface area contributed by atoms with Crippen LogP contribution in [0.3, 0.4) is 0 Å². The van der Waals surface area contributed by atoms with E-state index in [2.05, 4.69) is 0 Å². The molecule has 1 saturated heterocycles. The summed E-state index contributed by atoms with van der Waals surface area (Å²) in [5, 5.41) is 10.9. The number of nitro groups is 1. The van der Waals surface area contributed by atoms with Crippen LogP contribution in [0.4, 0.5) is 5.69 Å². The van der Waals surface area contributed by atoms with E-state index in [9.17, 15) is 14.9 Å². The zero-order chi connectivity index (χ0) is 17.1. The minimum Gasteiger partial charge on any atom is -0.468 e. The van der Waals surface area contributed by atoms with E-state index >= 15 is 0 Å². The summed E-state index contributed by atoms with van der Waals surface area (Å²) in [5.41, 5.74) is 1.47. The number of nitrogens with zero attached hydrogens (tertiary/aromatic N) is 2. The molecule has 0 aromatic heterocycles. The fraction of sp³-hybridized carbons (Fsp3) is 0.375.